The van der Waals surface area contributed by atoms with Crippen LogP contribution in [0.5, 0.6) is 0 Å². The standard InChI is InChI=1S/C18H15Cl2N5O2/c19-14-2-1-13(16(20)7-14)10-25-11-15(9-23-25)24-18(27)17(26)22-8-12-3-5-21-6-4-12/h1-7,9,11H,8,10H2,(H,22,26)(H,24,27). The first kappa shape index (κ1) is 18.9. The van der Waals surface area contributed by atoms with Crippen LogP contribution in [0.3, 0.4) is 0 Å². The number of anilines is 1. The molecule has 0 spiro atoms. The fraction of sp³-hybridized carbons (Fsp3) is 0.111. The van der Waals surface area contributed by atoms with Gasteiger partial charge in [0.1, 0.15) is 0 Å². The largest absolute Gasteiger partial charge is 0.344 e. The summed E-state index contributed by atoms with van der Waals surface area (Å²) in [5.74, 6) is -1.51. The van der Waals surface area contributed by atoms with Crippen molar-refractivity contribution in [1.82, 2.24) is 20.1 Å². The summed E-state index contributed by atoms with van der Waals surface area (Å²) in [5, 5.41) is 10.3. The molecule has 3 aromatic rings. The lowest BCUT2D eigenvalue weighted by Crippen LogP contribution is -2.34. The number of hydrogen-bond acceptors (Lipinski definition) is 4. The van der Waals surface area contributed by atoms with Gasteiger partial charge in [-0.3, -0.25) is 19.3 Å². The third kappa shape index (κ3) is 5.29. The minimum absolute atomic E-state index is 0.239. The Morgan fingerprint density at radius 2 is 1.85 bits per heavy atom. The number of nitrogens with one attached hydrogen (secondary N) is 2. The lowest BCUT2D eigenvalue weighted by molar-refractivity contribution is -0.136. The van der Waals surface area contributed by atoms with Crippen LogP contribution in [0, 0.1) is 0 Å². The van der Waals surface area contributed by atoms with E-state index in [1.807, 2.05) is 0 Å². The van der Waals surface area contributed by atoms with Crippen molar-refractivity contribution in [2.75, 3.05) is 5.32 Å². The molecule has 0 aliphatic carbocycles. The monoisotopic (exact) mass is 403 g/mol. The molecule has 0 unspecified atom stereocenters. The molecule has 1 aromatic carbocycles. The van der Waals surface area contributed by atoms with Crippen LogP contribution in [-0.4, -0.2) is 26.6 Å². The molecule has 7 nitrogen and oxygen atoms in total. The molecule has 0 bridgehead atoms. The third-order valence-corrected chi connectivity index (χ3v) is 4.23. The third-order valence-electron chi connectivity index (χ3n) is 3.65. The van der Waals surface area contributed by atoms with Gasteiger partial charge in [0.15, 0.2) is 0 Å². The Morgan fingerprint density at radius 3 is 2.59 bits per heavy atom. The Bertz CT molecular complexity index is 959. The van der Waals surface area contributed by atoms with E-state index in [2.05, 4.69) is 20.7 Å². The number of pyridine rings is 1. The van der Waals surface area contributed by atoms with Gasteiger partial charge >= 0.3 is 11.8 Å². The summed E-state index contributed by atoms with van der Waals surface area (Å²) in [6.07, 6.45) is 6.29. The number of rotatable bonds is 5. The molecule has 0 aliphatic heterocycles. The second-order valence-electron chi connectivity index (χ2n) is 5.65. The Hall–Kier alpha value is -2.90. The number of benzene rings is 1. The van der Waals surface area contributed by atoms with Crippen molar-refractivity contribution in [3.05, 3.63) is 76.3 Å². The molecule has 0 aliphatic rings. The lowest BCUT2D eigenvalue weighted by Gasteiger charge is -2.06. The van der Waals surface area contributed by atoms with Gasteiger partial charge in [-0.2, -0.15) is 5.10 Å². The molecule has 27 heavy (non-hydrogen) atoms. The van der Waals surface area contributed by atoms with Gasteiger partial charge in [-0.25, -0.2) is 0 Å². The van der Waals surface area contributed by atoms with Gasteiger partial charge in [-0.15, -0.1) is 0 Å². The first-order valence-corrected chi connectivity index (χ1v) is 8.71. The molecule has 0 radical (unpaired) electrons. The number of aromatic nitrogens is 3. The van der Waals surface area contributed by atoms with Gasteiger partial charge in [0.25, 0.3) is 0 Å². The van der Waals surface area contributed by atoms with E-state index >= 15 is 0 Å². The number of nitrogens with zero attached hydrogens (tertiary/aromatic N) is 3. The van der Waals surface area contributed by atoms with Crippen LogP contribution in [0.4, 0.5) is 5.69 Å². The van der Waals surface area contributed by atoms with E-state index in [-0.39, 0.29) is 6.54 Å². The maximum atomic E-state index is 12.0. The van der Waals surface area contributed by atoms with Crippen molar-refractivity contribution < 1.29 is 9.59 Å². The predicted octanol–water partition coefficient (Wildman–Crippen LogP) is 2.89. The summed E-state index contributed by atoms with van der Waals surface area (Å²) in [4.78, 5) is 27.8. The van der Waals surface area contributed by atoms with Crippen LogP contribution in [0.25, 0.3) is 0 Å². The lowest BCUT2D eigenvalue weighted by atomic mass is 10.2. The van der Waals surface area contributed by atoms with Crippen molar-refractivity contribution in [1.29, 1.82) is 0 Å². The molecule has 9 heteroatoms. The predicted molar refractivity (Wildman–Crippen MR) is 103 cm³/mol. The number of halogens is 2. The molecular weight excluding hydrogens is 389 g/mol. The topological polar surface area (TPSA) is 88.9 Å². The van der Waals surface area contributed by atoms with E-state index in [9.17, 15) is 9.59 Å². The first-order valence-electron chi connectivity index (χ1n) is 7.96. The summed E-state index contributed by atoms with van der Waals surface area (Å²) in [5.41, 5.74) is 2.08. The molecule has 2 amide bonds. The van der Waals surface area contributed by atoms with Crippen LogP contribution in [0.2, 0.25) is 10.0 Å². The molecule has 0 atom stereocenters. The molecule has 138 valence electrons. The summed E-state index contributed by atoms with van der Waals surface area (Å²) in [6, 6.07) is 8.70. The zero-order chi connectivity index (χ0) is 19.2. The van der Waals surface area contributed by atoms with Gasteiger partial charge < -0.3 is 10.6 Å². The number of hydrogen-bond donors (Lipinski definition) is 2. The van der Waals surface area contributed by atoms with Gasteiger partial charge in [0, 0.05) is 35.2 Å². The van der Waals surface area contributed by atoms with Crippen LogP contribution < -0.4 is 10.6 Å². The molecule has 0 saturated heterocycles. The SMILES string of the molecule is O=C(NCc1ccncc1)C(=O)Nc1cnn(Cc2ccc(Cl)cc2Cl)c1. The molecule has 2 heterocycles. The average molecular weight is 404 g/mol. The Morgan fingerprint density at radius 1 is 1.07 bits per heavy atom. The fourth-order valence-corrected chi connectivity index (χ4v) is 2.76. The molecule has 0 fully saturated rings. The minimum atomic E-state index is -0.770. The van der Waals surface area contributed by atoms with Gasteiger partial charge in [-0.1, -0.05) is 29.3 Å². The Balaban J connectivity index is 1.55. The summed E-state index contributed by atoms with van der Waals surface area (Å²) < 4.78 is 1.60. The van der Waals surface area contributed by atoms with Crippen LogP contribution in [0.15, 0.2) is 55.1 Å². The van der Waals surface area contributed by atoms with E-state index < -0.39 is 11.8 Å². The second-order valence-corrected chi connectivity index (χ2v) is 6.50. The van der Waals surface area contributed by atoms with Crippen LogP contribution in [-0.2, 0) is 22.7 Å². The molecular formula is C18H15Cl2N5O2. The summed E-state index contributed by atoms with van der Waals surface area (Å²) in [7, 11) is 0. The average Bonchev–Trinajstić information content (AvgIpc) is 3.10. The maximum Gasteiger partial charge on any atom is 0.313 e. The van der Waals surface area contributed by atoms with Gasteiger partial charge in [0.2, 0.25) is 0 Å². The van der Waals surface area contributed by atoms with Crippen molar-refractivity contribution in [2.45, 2.75) is 13.1 Å². The first-order chi connectivity index (χ1) is 13.0. The number of carbonyl (C=O) groups excluding carboxylic acids is 2. The summed E-state index contributed by atoms with van der Waals surface area (Å²) in [6.45, 7) is 0.642. The second kappa shape index (κ2) is 8.66. The summed E-state index contributed by atoms with van der Waals surface area (Å²) >= 11 is 12.0. The van der Waals surface area contributed by atoms with Crippen molar-refractivity contribution in [3.8, 4) is 0 Å². The highest BCUT2D eigenvalue weighted by Crippen LogP contribution is 2.22. The molecule has 2 N–H and O–H groups in total. The zero-order valence-electron chi connectivity index (χ0n) is 14.0. The van der Waals surface area contributed by atoms with Crippen molar-refractivity contribution in [3.63, 3.8) is 0 Å². The van der Waals surface area contributed by atoms with Crippen molar-refractivity contribution in [2.24, 2.45) is 0 Å². The number of amides is 2. The van der Waals surface area contributed by atoms with E-state index in [0.29, 0.717) is 22.3 Å². The highest BCUT2D eigenvalue weighted by Gasteiger charge is 2.14. The highest BCUT2D eigenvalue weighted by molar-refractivity contribution is 6.39. The molecule has 2 aromatic heterocycles. The van der Waals surface area contributed by atoms with E-state index in [1.165, 1.54) is 6.20 Å². The normalized spacial score (nSPS) is 10.4. The Kier molecular flexibility index (Phi) is 6.05. The highest BCUT2D eigenvalue weighted by atomic mass is 35.5. The Labute approximate surface area is 165 Å². The van der Waals surface area contributed by atoms with Crippen LogP contribution in [0.1, 0.15) is 11.1 Å². The zero-order valence-corrected chi connectivity index (χ0v) is 15.5. The van der Waals surface area contributed by atoms with Gasteiger partial charge in [-0.05, 0) is 35.4 Å². The maximum absolute atomic E-state index is 12.0. The fourth-order valence-electron chi connectivity index (χ4n) is 2.29. The molecule has 3 rings (SSSR count). The molecule has 0 saturated carbocycles. The smallest absolute Gasteiger partial charge is 0.313 e. The number of carbonyl (C=O) groups is 2. The van der Waals surface area contributed by atoms with Crippen LogP contribution >= 0.6 is 23.2 Å². The van der Waals surface area contributed by atoms with E-state index in [4.69, 9.17) is 23.2 Å². The van der Waals surface area contributed by atoms with E-state index in [0.717, 1.165) is 11.1 Å². The quantitative estimate of drug-likeness (QED) is 0.640. The van der Waals surface area contributed by atoms with E-state index in [1.54, 1.807) is 53.6 Å². The minimum Gasteiger partial charge on any atom is -0.344 e. The van der Waals surface area contributed by atoms with Crippen molar-refractivity contribution >= 4 is 40.7 Å². The van der Waals surface area contributed by atoms with Gasteiger partial charge in [0.05, 0.1) is 18.4 Å².